The number of H-pyrrole nitrogens is 1. The van der Waals surface area contributed by atoms with E-state index in [0.717, 1.165) is 54.9 Å². The smallest absolute Gasteiger partial charge is 0.378 e. The SMILES string of the molecule is O=C(CNc1ccc(C(F)(F)F)cc1)C[C@@H]1CCCN(c2ncnc3[nH]ccc23)C1. The van der Waals surface area contributed by atoms with Gasteiger partial charge in [-0.1, -0.05) is 0 Å². The van der Waals surface area contributed by atoms with Crippen molar-refractivity contribution in [2.45, 2.75) is 25.4 Å². The van der Waals surface area contributed by atoms with Crippen molar-refractivity contribution in [2.24, 2.45) is 5.92 Å². The van der Waals surface area contributed by atoms with Gasteiger partial charge in [0.25, 0.3) is 0 Å². The van der Waals surface area contributed by atoms with Gasteiger partial charge in [-0.3, -0.25) is 4.79 Å². The van der Waals surface area contributed by atoms with Gasteiger partial charge in [0.05, 0.1) is 17.5 Å². The molecule has 4 rings (SSSR count). The van der Waals surface area contributed by atoms with E-state index in [0.29, 0.717) is 12.1 Å². The van der Waals surface area contributed by atoms with Crippen molar-refractivity contribution in [1.29, 1.82) is 0 Å². The van der Waals surface area contributed by atoms with Crippen molar-refractivity contribution >= 4 is 28.3 Å². The molecule has 2 N–H and O–H groups in total. The Morgan fingerprint density at radius 2 is 2.00 bits per heavy atom. The molecule has 9 heteroatoms. The van der Waals surface area contributed by atoms with Crippen LogP contribution in [0.5, 0.6) is 0 Å². The molecular formula is C21H22F3N5O. The highest BCUT2D eigenvalue weighted by atomic mass is 19.4. The fraction of sp³-hybridized carbons (Fsp3) is 0.381. The van der Waals surface area contributed by atoms with Crippen LogP contribution >= 0.6 is 0 Å². The Morgan fingerprint density at radius 3 is 2.77 bits per heavy atom. The zero-order valence-corrected chi connectivity index (χ0v) is 16.2. The van der Waals surface area contributed by atoms with E-state index in [-0.39, 0.29) is 18.2 Å². The summed E-state index contributed by atoms with van der Waals surface area (Å²) in [7, 11) is 0. The number of hydrogen-bond donors (Lipinski definition) is 2. The second kappa shape index (κ2) is 8.33. The van der Waals surface area contributed by atoms with E-state index < -0.39 is 11.7 Å². The number of alkyl halides is 3. The van der Waals surface area contributed by atoms with Crippen LogP contribution in [0.3, 0.4) is 0 Å². The third-order valence-corrected chi connectivity index (χ3v) is 5.37. The quantitative estimate of drug-likeness (QED) is 0.627. The lowest BCUT2D eigenvalue weighted by Crippen LogP contribution is -2.37. The Hall–Kier alpha value is -3.10. The molecule has 0 spiro atoms. The first-order valence-corrected chi connectivity index (χ1v) is 9.86. The summed E-state index contributed by atoms with van der Waals surface area (Å²) in [5, 5.41) is 3.89. The van der Waals surface area contributed by atoms with Gasteiger partial charge in [0.1, 0.15) is 17.8 Å². The van der Waals surface area contributed by atoms with Crippen LogP contribution in [0.4, 0.5) is 24.7 Å². The maximum absolute atomic E-state index is 12.6. The maximum Gasteiger partial charge on any atom is 0.416 e. The van der Waals surface area contributed by atoms with Crippen LogP contribution in [0, 0.1) is 5.92 Å². The first-order valence-electron chi connectivity index (χ1n) is 9.86. The van der Waals surface area contributed by atoms with Crippen molar-refractivity contribution < 1.29 is 18.0 Å². The number of anilines is 2. The van der Waals surface area contributed by atoms with Crippen molar-refractivity contribution in [2.75, 3.05) is 29.9 Å². The van der Waals surface area contributed by atoms with Crippen LogP contribution in [0.25, 0.3) is 11.0 Å². The predicted octanol–water partition coefficient (Wildman–Crippen LogP) is 4.26. The molecule has 0 radical (unpaired) electrons. The zero-order valence-electron chi connectivity index (χ0n) is 16.2. The molecule has 1 atom stereocenters. The molecule has 1 saturated heterocycles. The largest absolute Gasteiger partial charge is 0.416 e. The second-order valence-corrected chi connectivity index (χ2v) is 7.56. The van der Waals surface area contributed by atoms with Gasteiger partial charge in [-0.05, 0) is 49.1 Å². The minimum absolute atomic E-state index is 0.0382. The number of nitrogens with one attached hydrogen (secondary N) is 2. The fourth-order valence-electron chi connectivity index (χ4n) is 3.91. The number of carbonyl (C=O) groups is 1. The highest BCUT2D eigenvalue weighted by Gasteiger charge is 2.30. The number of fused-ring (bicyclic) bond motifs is 1. The Labute approximate surface area is 171 Å². The maximum atomic E-state index is 12.6. The molecule has 30 heavy (non-hydrogen) atoms. The number of benzene rings is 1. The van der Waals surface area contributed by atoms with Crippen molar-refractivity contribution in [1.82, 2.24) is 15.0 Å². The topological polar surface area (TPSA) is 73.9 Å². The molecule has 1 aliphatic heterocycles. The average Bonchev–Trinajstić information content (AvgIpc) is 3.21. The van der Waals surface area contributed by atoms with E-state index in [1.54, 1.807) is 0 Å². The molecule has 1 fully saturated rings. The molecule has 3 aromatic rings. The van der Waals surface area contributed by atoms with Gasteiger partial charge in [-0.25, -0.2) is 9.97 Å². The summed E-state index contributed by atoms with van der Waals surface area (Å²) in [5.74, 6) is 1.13. The summed E-state index contributed by atoms with van der Waals surface area (Å²) in [6, 6.07) is 6.66. The second-order valence-electron chi connectivity index (χ2n) is 7.56. The number of nitrogens with zero attached hydrogens (tertiary/aromatic N) is 3. The van der Waals surface area contributed by atoms with Crippen LogP contribution in [0.2, 0.25) is 0 Å². The van der Waals surface area contributed by atoms with E-state index in [2.05, 4.69) is 25.2 Å². The molecule has 1 aromatic carbocycles. The number of halogens is 3. The summed E-state index contributed by atoms with van der Waals surface area (Å²) in [5.41, 5.74) is 0.583. The Bertz CT molecular complexity index is 1020. The predicted molar refractivity (Wildman–Crippen MR) is 108 cm³/mol. The van der Waals surface area contributed by atoms with E-state index in [1.165, 1.54) is 18.5 Å². The number of aromatic nitrogens is 3. The van der Waals surface area contributed by atoms with Gasteiger partial charge in [-0.2, -0.15) is 13.2 Å². The lowest BCUT2D eigenvalue weighted by molar-refractivity contribution is -0.137. The minimum atomic E-state index is -4.36. The molecule has 2 aromatic heterocycles. The number of ketones is 1. The Balaban J connectivity index is 1.32. The zero-order chi connectivity index (χ0) is 21.1. The highest BCUT2D eigenvalue weighted by molar-refractivity contribution is 5.87. The molecule has 0 unspecified atom stereocenters. The molecule has 0 aliphatic carbocycles. The van der Waals surface area contributed by atoms with Gasteiger partial charge in [0.15, 0.2) is 5.78 Å². The van der Waals surface area contributed by atoms with E-state index in [9.17, 15) is 18.0 Å². The third kappa shape index (κ3) is 4.55. The van der Waals surface area contributed by atoms with Gasteiger partial charge in [0.2, 0.25) is 0 Å². The first-order chi connectivity index (χ1) is 14.4. The molecule has 1 aliphatic rings. The van der Waals surface area contributed by atoms with Crippen LogP contribution in [-0.4, -0.2) is 40.4 Å². The molecule has 0 bridgehead atoms. The third-order valence-electron chi connectivity index (χ3n) is 5.37. The fourth-order valence-corrected chi connectivity index (χ4v) is 3.91. The van der Waals surface area contributed by atoms with Crippen molar-refractivity contribution in [3.63, 3.8) is 0 Å². The van der Waals surface area contributed by atoms with Crippen LogP contribution in [0.1, 0.15) is 24.8 Å². The molecule has 0 saturated carbocycles. The number of aromatic amines is 1. The lowest BCUT2D eigenvalue weighted by atomic mass is 9.92. The number of carbonyl (C=O) groups excluding carboxylic acids is 1. The summed E-state index contributed by atoms with van der Waals surface area (Å²) < 4.78 is 37.9. The first kappa shape index (κ1) is 20.2. The summed E-state index contributed by atoms with van der Waals surface area (Å²) in [6.45, 7) is 1.71. The van der Waals surface area contributed by atoms with Gasteiger partial charge >= 0.3 is 6.18 Å². The number of hydrogen-bond acceptors (Lipinski definition) is 5. The molecule has 0 amide bonds. The number of piperidine rings is 1. The number of rotatable bonds is 6. The van der Waals surface area contributed by atoms with Crippen molar-refractivity contribution in [3.8, 4) is 0 Å². The van der Waals surface area contributed by atoms with Gasteiger partial charge < -0.3 is 15.2 Å². The minimum Gasteiger partial charge on any atom is -0.378 e. The summed E-state index contributed by atoms with van der Waals surface area (Å²) in [6.07, 6.45) is 1.37. The Kier molecular flexibility index (Phi) is 5.61. The molecule has 158 valence electrons. The van der Waals surface area contributed by atoms with Crippen LogP contribution in [-0.2, 0) is 11.0 Å². The summed E-state index contributed by atoms with van der Waals surface area (Å²) in [4.78, 5) is 26.4. The summed E-state index contributed by atoms with van der Waals surface area (Å²) >= 11 is 0. The lowest BCUT2D eigenvalue weighted by Gasteiger charge is -2.33. The molecule has 6 nitrogen and oxygen atoms in total. The van der Waals surface area contributed by atoms with E-state index in [1.807, 2.05) is 12.3 Å². The van der Waals surface area contributed by atoms with E-state index >= 15 is 0 Å². The normalized spacial score (nSPS) is 17.3. The van der Waals surface area contributed by atoms with Crippen LogP contribution < -0.4 is 10.2 Å². The van der Waals surface area contributed by atoms with Gasteiger partial charge in [-0.15, -0.1) is 0 Å². The van der Waals surface area contributed by atoms with Gasteiger partial charge in [0, 0.05) is 31.4 Å². The highest BCUT2D eigenvalue weighted by Crippen LogP contribution is 2.30. The average molecular weight is 417 g/mol. The molecular weight excluding hydrogens is 395 g/mol. The van der Waals surface area contributed by atoms with Crippen molar-refractivity contribution in [3.05, 3.63) is 48.4 Å². The Morgan fingerprint density at radius 1 is 1.20 bits per heavy atom. The monoisotopic (exact) mass is 417 g/mol. The van der Waals surface area contributed by atoms with Crippen LogP contribution in [0.15, 0.2) is 42.9 Å². The number of Topliss-reactive ketones (excluding diaryl/α,β-unsaturated/α-hetero) is 1. The standard InChI is InChI=1S/C21H22F3N5O/c22-21(23,24)15-3-5-16(6-4-15)26-11-17(30)10-14-2-1-9-29(12-14)20-18-7-8-25-19(18)27-13-28-20/h3-8,13-14,26H,1-2,9-12H2,(H,25,27,28)/t14-/m0/s1. The molecule has 3 heterocycles. The van der Waals surface area contributed by atoms with E-state index in [4.69, 9.17) is 0 Å².